The number of nitrogens with zero attached hydrogens (tertiary/aromatic N) is 2. The first-order chi connectivity index (χ1) is 10.0. The first-order valence-corrected chi connectivity index (χ1v) is 8.71. The largest absolute Gasteiger partial charge is 0.342 e. The van der Waals surface area contributed by atoms with Crippen molar-refractivity contribution in [1.82, 2.24) is 9.80 Å². The van der Waals surface area contributed by atoms with Gasteiger partial charge in [-0.15, -0.1) is 11.3 Å². The molecule has 2 atom stereocenters. The van der Waals surface area contributed by atoms with Crippen molar-refractivity contribution in [1.29, 1.82) is 0 Å². The Bertz CT molecular complexity index is 474. The van der Waals surface area contributed by atoms with E-state index in [4.69, 9.17) is 5.73 Å². The molecule has 21 heavy (non-hydrogen) atoms. The van der Waals surface area contributed by atoms with E-state index in [9.17, 15) is 4.79 Å². The molecular weight excluding hydrogens is 282 g/mol. The van der Waals surface area contributed by atoms with Gasteiger partial charge in [0.25, 0.3) is 0 Å². The topological polar surface area (TPSA) is 49.6 Å². The van der Waals surface area contributed by atoms with E-state index in [0.717, 1.165) is 39.0 Å². The fourth-order valence-electron chi connectivity index (χ4n) is 3.07. The number of aryl methyl sites for hydroxylation is 1. The van der Waals surface area contributed by atoms with Gasteiger partial charge in [0.05, 0.1) is 6.04 Å². The highest BCUT2D eigenvalue weighted by atomic mass is 32.1. The minimum atomic E-state index is 0.145. The number of nitrogens with two attached hydrogens (primary N) is 1. The summed E-state index contributed by atoms with van der Waals surface area (Å²) in [6, 6.07) is 2.60. The van der Waals surface area contributed by atoms with E-state index in [1.165, 1.54) is 10.4 Å². The van der Waals surface area contributed by atoms with Crippen LogP contribution in [0.5, 0.6) is 0 Å². The molecule has 0 aromatic carbocycles. The van der Waals surface area contributed by atoms with Crippen LogP contribution in [0.2, 0.25) is 0 Å². The number of amides is 1. The Labute approximate surface area is 131 Å². The van der Waals surface area contributed by atoms with Crippen molar-refractivity contribution in [3.05, 3.63) is 21.9 Å². The van der Waals surface area contributed by atoms with Crippen LogP contribution in [0.3, 0.4) is 0 Å². The Hall–Kier alpha value is -0.910. The van der Waals surface area contributed by atoms with Gasteiger partial charge in [0.1, 0.15) is 0 Å². The first-order valence-electron chi connectivity index (χ1n) is 7.83. The maximum atomic E-state index is 11.6. The fourth-order valence-corrected chi connectivity index (χ4v) is 4.21. The molecule has 0 bridgehead atoms. The molecule has 1 amide bonds. The Morgan fingerprint density at radius 1 is 1.38 bits per heavy atom. The molecule has 4 nitrogen and oxygen atoms in total. The molecule has 1 fully saturated rings. The van der Waals surface area contributed by atoms with Gasteiger partial charge in [-0.3, -0.25) is 9.69 Å². The quantitative estimate of drug-likeness (QED) is 0.929. The van der Waals surface area contributed by atoms with Crippen LogP contribution < -0.4 is 5.73 Å². The summed E-state index contributed by atoms with van der Waals surface area (Å²) < 4.78 is 0. The summed E-state index contributed by atoms with van der Waals surface area (Å²) in [5.74, 6) is 0.181. The van der Waals surface area contributed by atoms with Crippen LogP contribution in [-0.4, -0.2) is 47.9 Å². The third-order valence-corrected chi connectivity index (χ3v) is 5.51. The van der Waals surface area contributed by atoms with E-state index >= 15 is 0 Å². The molecule has 118 valence electrons. The zero-order valence-corrected chi connectivity index (χ0v) is 14.2. The first kappa shape index (κ1) is 16.5. The lowest BCUT2D eigenvalue weighted by Gasteiger charge is -2.34. The second-order valence-electron chi connectivity index (χ2n) is 5.88. The fraction of sp³-hybridized carbons (Fsp3) is 0.688. The van der Waals surface area contributed by atoms with Gasteiger partial charge in [-0.2, -0.15) is 0 Å². The SMILES string of the molecule is CCC(N)C(c1sccc1C)N1CCCN(C(C)=O)CC1. The maximum Gasteiger partial charge on any atom is 0.219 e. The molecule has 2 N–H and O–H groups in total. The minimum Gasteiger partial charge on any atom is -0.342 e. The lowest BCUT2D eigenvalue weighted by molar-refractivity contribution is -0.128. The van der Waals surface area contributed by atoms with Gasteiger partial charge >= 0.3 is 0 Å². The average molecular weight is 309 g/mol. The highest BCUT2D eigenvalue weighted by Gasteiger charge is 2.29. The molecule has 0 spiro atoms. The third kappa shape index (κ3) is 3.84. The van der Waals surface area contributed by atoms with Crippen molar-refractivity contribution < 1.29 is 4.79 Å². The minimum absolute atomic E-state index is 0.145. The van der Waals surface area contributed by atoms with E-state index < -0.39 is 0 Å². The molecule has 1 aliphatic rings. The van der Waals surface area contributed by atoms with Gasteiger partial charge in [-0.1, -0.05) is 6.92 Å². The Morgan fingerprint density at radius 2 is 2.14 bits per heavy atom. The van der Waals surface area contributed by atoms with Crippen LogP contribution in [0, 0.1) is 6.92 Å². The Kier molecular flexibility index (Phi) is 5.79. The monoisotopic (exact) mass is 309 g/mol. The standard InChI is InChI=1S/C16H27N3OS/c1-4-14(17)15(16-12(2)6-11-21-16)19-8-5-7-18(9-10-19)13(3)20/h6,11,14-15H,4-5,7-10,17H2,1-3H3. The lowest BCUT2D eigenvalue weighted by Crippen LogP contribution is -2.42. The van der Waals surface area contributed by atoms with E-state index in [1.54, 1.807) is 18.3 Å². The Morgan fingerprint density at radius 3 is 2.71 bits per heavy atom. The van der Waals surface area contributed by atoms with Crippen LogP contribution in [0.25, 0.3) is 0 Å². The van der Waals surface area contributed by atoms with Crippen LogP contribution >= 0.6 is 11.3 Å². The summed E-state index contributed by atoms with van der Waals surface area (Å²) in [5, 5.41) is 2.15. The Balaban J connectivity index is 2.18. The van der Waals surface area contributed by atoms with Crippen molar-refractivity contribution in [2.45, 2.75) is 45.7 Å². The van der Waals surface area contributed by atoms with Gasteiger partial charge in [-0.05, 0) is 36.8 Å². The second-order valence-corrected chi connectivity index (χ2v) is 6.83. The van der Waals surface area contributed by atoms with Gasteiger partial charge in [-0.25, -0.2) is 0 Å². The van der Waals surface area contributed by atoms with Crippen molar-refractivity contribution >= 4 is 17.2 Å². The molecule has 0 saturated carbocycles. The molecule has 1 saturated heterocycles. The molecule has 1 aromatic rings. The summed E-state index contributed by atoms with van der Waals surface area (Å²) in [6.07, 6.45) is 1.99. The summed E-state index contributed by atoms with van der Waals surface area (Å²) >= 11 is 1.81. The van der Waals surface area contributed by atoms with Crippen molar-refractivity contribution in [2.24, 2.45) is 5.73 Å². The van der Waals surface area contributed by atoms with Gasteiger partial charge in [0.15, 0.2) is 0 Å². The van der Waals surface area contributed by atoms with Crippen molar-refractivity contribution in [3.63, 3.8) is 0 Å². The summed E-state index contributed by atoms with van der Waals surface area (Å²) in [7, 11) is 0. The number of carbonyl (C=O) groups is 1. The van der Waals surface area contributed by atoms with E-state index in [-0.39, 0.29) is 18.0 Å². The average Bonchev–Trinajstić information content (AvgIpc) is 2.74. The predicted molar refractivity (Wildman–Crippen MR) is 88.5 cm³/mol. The van der Waals surface area contributed by atoms with Crippen molar-refractivity contribution in [2.75, 3.05) is 26.2 Å². The number of hydrogen-bond donors (Lipinski definition) is 1. The number of rotatable bonds is 4. The lowest BCUT2D eigenvalue weighted by atomic mass is 10.0. The number of hydrogen-bond acceptors (Lipinski definition) is 4. The van der Waals surface area contributed by atoms with Gasteiger partial charge < -0.3 is 10.6 Å². The zero-order chi connectivity index (χ0) is 15.4. The normalized spacial score (nSPS) is 20.1. The van der Waals surface area contributed by atoms with Crippen LogP contribution in [0.15, 0.2) is 11.4 Å². The predicted octanol–water partition coefficient (Wildman–Crippen LogP) is 2.39. The van der Waals surface area contributed by atoms with E-state index in [0.29, 0.717) is 0 Å². The van der Waals surface area contributed by atoms with Crippen LogP contribution in [0.4, 0.5) is 0 Å². The second kappa shape index (κ2) is 7.38. The highest BCUT2D eigenvalue weighted by molar-refractivity contribution is 7.10. The zero-order valence-electron chi connectivity index (χ0n) is 13.3. The molecule has 2 heterocycles. The molecule has 2 unspecified atom stereocenters. The van der Waals surface area contributed by atoms with Crippen LogP contribution in [0.1, 0.15) is 43.2 Å². The van der Waals surface area contributed by atoms with Crippen molar-refractivity contribution in [3.8, 4) is 0 Å². The molecular formula is C16H27N3OS. The number of carbonyl (C=O) groups excluding carboxylic acids is 1. The molecule has 1 aromatic heterocycles. The summed E-state index contributed by atoms with van der Waals surface area (Å²) in [5.41, 5.74) is 7.77. The smallest absolute Gasteiger partial charge is 0.219 e. The maximum absolute atomic E-state index is 11.6. The molecule has 5 heteroatoms. The van der Waals surface area contributed by atoms with Gasteiger partial charge in [0.2, 0.25) is 5.91 Å². The van der Waals surface area contributed by atoms with Crippen LogP contribution in [-0.2, 0) is 4.79 Å². The molecule has 2 rings (SSSR count). The highest BCUT2D eigenvalue weighted by Crippen LogP contribution is 2.32. The third-order valence-electron chi connectivity index (χ3n) is 4.42. The number of thiophene rings is 1. The van der Waals surface area contributed by atoms with E-state index in [1.807, 2.05) is 4.90 Å². The van der Waals surface area contributed by atoms with E-state index in [2.05, 4.69) is 30.2 Å². The molecule has 0 radical (unpaired) electrons. The van der Waals surface area contributed by atoms with Gasteiger partial charge in [0, 0.05) is 44.0 Å². The molecule has 1 aliphatic heterocycles. The summed E-state index contributed by atoms with van der Waals surface area (Å²) in [6.45, 7) is 9.58. The summed E-state index contributed by atoms with van der Waals surface area (Å²) in [4.78, 5) is 17.4. The molecule has 0 aliphatic carbocycles.